The van der Waals surface area contributed by atoms with E-state index in [0.29, 0.717) is 6.61 Å². The van der Waals surface area contributed by atoms with Gasteiger partial charge in [0.1, 0.15) is 6.04 Å². The van der Waals surface area contributed by atoms with Crippen molar-refractivity contribution in [3.8, 4) is 0 Å². The molecule has 0 aromatic rings. The molecule has 0 heterocycles. The summed E-state index contributed by atoms with van der Waals surface area (Å²) in [4.78, 5) is 13.8. The van der Waals surface area contributed by atoms with Gasteiger partial charge < -0.3 is 15.0 Å². The van der Waals surface area contributed by atoms with E-state index in [4.69, 9.17) is 4.74 Å². The minimum Gasteiger partial charge on any atom is -0.465 e. The predicted molar refractivity (Wildman–Crippen MR) is 61.9 cm³/mol. The average molecular weight is 216 g/mol. The fraction of sp³-hybridized carbons (Fsp3) is 0.909. The zero-order valence-electron chi connectivity index (χ0n) is 10.4. The lowest BCUT2D eigenvalue weighted by atomic mass is 10.2. The van der Waals surface area contributed by atoms with Crippen LogP contribution in [0.3, 0.4) is 0 Å². The molecule has 15 heavy (non-hydrogen) atoms. The van der Waals surface area contributed by atoms with E-state index in [-0.39, 0.29) is 12.0 Å². The van der Waals surface area contributed by atoms with Crippen molar-refractivity contribution >= 4 is 5.97 Å². The van der Waals surface area contributed by atoms with Crippen LogP contribution in [-0.2, 0) is 9.53 Å². The Labute approximate surface area is 93.0 Å². The van der Waals surface area contributed by atoms with Gasteiger partial charge in [-0.1, -0.05) is 13.8 Å². The van der Waals surface area contributed by atoms with Gasteiger partial charge in [-0.25, -0.2) is 0 Å². The highest BCUT2D eigenvalue weighted by Gasteiger charge is 2.17. The number of hydrogen-bond donors (Lipinski definition) is 1. The molecule has 0 rings (SSSR count). The molecule has 4 nitrogen and oxygen atoms in total. The molecule has 90 valence electrons. The van der Waals surface area contributed by atoms with Crippen molar-refractivity contribution in [1.82, 2.24) is 10.2 Å². The van der Waals surface area contributed by atoms with Crippen molar-refractivity contribution in [2.24, 2.45) is 0 Å². The number of esters is 1. The molecule has 1 unspecified atom stereocenters. The summed E-state index contributed by atoms with van der Waals surface area (Å²) in [6.07, 6.45) is 0.803. The van der Waals surface area contributed by atoms with Crippen molar-refractivity contribution in [3.05, 3.63) is 0 Å². The molecule has 0 aliphatic carbocycles. The number of rotatable bonds is 8. The number of carbonyl (C=O) groups excluding carboxylic acids is 1. The van der Waals surface area contributed by atoms with Crippen molar-refractivity contribution in [2.75, 3.05) is 33.3 Å². The minimum absolute atomic E-state index is 0.146. The lowest BCUT2D eigenvalue weighted by molar-refractivity contribution is -0.145. The third-order valence-corrected chi connectivity index (χ3v) is 2.55. The average Bonchev–Trinajstić information content (AvgIpc) is 2.25. The Morgan fingerprint density at radius 1 is 1.33 bits per heavy atom. The third kappa shape index (κ3) is 5.74. The molecule has 0 radical (unpaired) electrons. The van der Waals surface area contributed by atoms with Gasteiger partial charge in [0.05, 0.1) is 6.61 Å². The van der Waals surface area contributed by atoms with Gasteiger partial charge in [0.25, 0.3) is 0 Å². The summed E-state index contributed by atoms with van der Waals surface area (Å²) in [5.41, 5.74) is 0. The smallest absolute Gasteiger partial charge is 0.323 e. The highest BCUT2D eigenvalue weighted by Crippen LogP contribution is 1.98. The van der Waals surface area contributed by atoms with Crippen LogP contribution in [0, 0.1) is 0 Å². The number of nitrogens with one attached hydrogen (secondary N) is 1. The van der Waals surface area contributed by atoms with Gasteiger partial charge in [-0.05, 0) is 33.5 Å². The first-order valence-electron chi connectivity index (χ1n) is 5.75. The van der Waals surface area contributed by atoms with E-state index in [2.05, 4.69) is 24.1 Å². The van der Waals surface area contributed by atoms with Crippen LogP contribution < -0.4 is 5.32 Å². The van der Waals surface area contributed by atoms with Crippen molar-refractivity contribution in [2.45, 2.75) is 33.2 Å². The van der Waals surface area contributed by atoms with Gasteiger partial charge in [0.15, 0.2) is 0 Å². The fourth-order valence-electron chi connectivity index (χ4n) is 1.47. The molecule has 0 aromatic carbocycles. The van der Waals surface area contributed by atoms with Crippen LogP contribution in [0.15, 0.2) is 0 Å². The lowest BCUT2D eigenvalue weighted by Crippen LogP contribution is -2.39. The maximum absolute atomic E-state index is 11.5. The third-order valence-electron chi connectivity index (χ3n) is 2.55. The Morgan fingerprint density at radius 2 is 1.93 bits per heavy atom. The van der Waals surface area contributed by atoms with Crippen LogP contribution in [-0.4, -0.2) is 50.2 Å². The van der Waals surface area contributed by atoms with Crippen molar-refractivity contribution in [3.63, 3.8) is 0 Å². The van der Waals surface area contributed by atoms with Crippen LogP contribution in [0.5, 0.6) is 0 Å². The summed E-state index contributed by atoms with van der Waals surface area (Å²) in [7, 11) is 1.80. The molecule has 0 fully saturated rings. The highest BCUT2D eigenvalue weighted by molar-refractivity contribution is 5.75. The second-order valence-electron chi connectivity index (χ2n) is 3.41. The van der Waals surface area contributed by atoms with E-state index in [1.165, 1.54) is 0 Å². The summed E-state index contributed by atoms with van der Waals surface area (Å²) < 4.78 is 4.97. The molecule has 0 spiro atoms. The molecular weight excluding hydrogens is 192 g/mol. The Hall–Kier alpha value is -0.610. The molecule has 1 N–H and O–H groups in total. The van der Waals surface area contributed by atoms with Crippen molar-refractivity contribution < 1.29 is 9.53 Å². The van der Waals surface area contributed by atoms with Gasteiger partial charge in [0, 0.05) is 6.54 Å². The van der Waals surface area contributed by atoms with E-state index in [1.54, 1.807) is 7.05 Å². The molecule has 0 aliphatic heterocycles. The first-order chi connectivity index (χ1) is 7.19. The zero-order valence-corrected chi connectivity index (χ0v) is 10.4. The van der Waals surface area contributed by atoms with Gasteiger partial charge in [-0.2, -0.15) is 0 Å². The van der Waals surface area contributed by atoms with Crippen LogP contribution in [0.2, 0.25) is 0 Å². The van der Waals surface area contributed by atoms with E-state index in [9.17, 15) is 4.79 Å². The maximum Gasteiger partial charge on any atom is 0.323 e. The summed E-state index contributed by atoms with van der Waals surface area (Å²) in [6, 6.07) is -0.175. The van der Waals surface area contributed by atoms with E-state index >= 15 is 0 Å². The quantitative estimate of drug-likeness (QED) is 0.611. The Bertz CT molecular complexity index is 170. The highest BCUT2D eigenvalue weighted by atomic mass is 16.5. The predicted octanol–water partition coefficient (Wildman–Crippen LogP) is 0.869. The summed E-state index contributed by atoms with van der Waals surface area (Å²) in [5.74, 6) is -0.146. The second kappa shape index (κ2) is 8.68. The molecule has 0 aliphatic rings. The van der Waals surface area contributed by atoms with E-state index < -0.39 is 0 Å². The Balaban J connectivity index is 3.93. The number of ether oxygens (including phenoxy) is 1. The monoisotopic (exact) mass is 216 g/mol. The largest absolute Gasteiger partial charge is 0.465 e. The maximum atomic E-state index is 11.5. The number of hydrogen-bond acceptors (Lipinski definition) is 4. The zero-order chi connectivity index (χ0) is 11.7. The van der Waals surface area contributed by atoms with Crippen molar-refractivity contribution in [1.29, 1.82) is 0 Å². The second-order valence-corrected chi connectivity index (χ2v) is 3.41. The van der Waals surface area contributed by atoms with E-state index in [1.807, 2.05) is 6.92 Å². The van der Waals surface area contributed by atoms with Crippen LogP contribution in [0.25, 0.3) is 0 Å². The van der Waals surface area contributed by atoms with Crippen LogP contribution in [0.4, 0.5) is 0 Å². The normalized spacial score (nSPS) is 12.9. The Kier molecular flexibility index (Phi) is 8.33. The van der Waals surface area contributed by atoms with Gasteiger partial charge in [0.2, 0.25) is 0 Å². The number of likely N-dealkylation sites (N-methyl/N-ethyl adjacent to an activating group) is 1. The summed E-state index contributed by atoms with van der Waals surface area (Å²) >= 11 is 0. The minimum atomic E-state index is -0.175. The Morgan fingerprint density at radius 3 is 2.33 bits per heavy atom. The number of nitrogens with zero attached hydrogens (tertiary/aromatic N) is 1. The number of carbonyl (C=O) groups is 1. The fourth-order valence-corrected chi connectivity index (χ4v) is 1.47. The first kappa shape index (κ1) is 14.4. The molecular formula is C11H24N2O2. The standard InChI is InChI=1S/C11H24N2O2/c1-5-13(6-2)9-8-10(12-4)11(14)15-7-3/h10,12H,5-9H2,1-4H3. The van der Waals surface area contributed by atoms with Gasteiger partial charge in [-0.15, -0.1) is 0 Å². The van der Waals surface area contributed by atoms with Gasteiger partial charge >= 0.3 is 5.97 Å². The molecule has 0 saturated carbocycles. The van der Waals surface area contributed by atoms with Crippen LogP contribution >= 0.6 is 0 Å². The molecule has 0 saturated heterocycles. The van der Waals surface area contributed by atoms with E-state index in [0.717, 1.165) is 26.1 Å². The molecule has 0 aromatic heterocycles. The summed E-state index contributed by atoms with van der Waals surface area (Å²) in [6.45, 7) is 9.50. The molecule has 0 amide bonds. The lowest BCUT2D eigenvalue weighted by Gasteiger charge is -2.21. The molecule has 4 heteroatoms. The molecule has 1 atom stereocenters. The summed E-state index contributed by atoms with van der Waals surface area (Å²) in [5, 5.41) is 2.99. The molecule has 0 bridgehead atoms. The SMILES string of the molecule is CCOC(=O)C(CCN(CC)CC)NC. The first-order valence-corrected chi connectivity index (χ1v) is 5.75. The van der Waals surface area contributed by atoms with Crippen LogP contribution in [0.1, 0.15) is 27.2 Å². The van der Waals surface area contributed by atoms with Gasteiger partial charge in [-0.3, -0.25) is 4.79 Å². The topological polar surface area (TPSA) is 41.6 Å².